The van der Waals surface area contributed by atoms with Gasteiger partial charge in [-0.05, 0) is 42.5 Å². The molecule has 1 amide bonds. The lowest BCUT2D eigenvalue weighted by atomic mass is 9.85. The van der Waals surface area contributed by atoms with Crippen LogP contribution in [0.25, 0.3) is 0 Å². The van der Waals surface area contributed by atoms with Gasteiger partial charge in [0.2, 0.25) is 0 Å². The van der Waals surface area contributed by atoms with Crippen LogP contribution in [0.1, 0.15) is 40.4 Å². The molecule has 25 heavy (non-hydrogen) atoms. The first-order valence-electron chi connectivity index (χ1n) is 7.86. The quantitative estimate of drug-likeness (QED) is 0.509. The van der Waals surface area contributed by atoms with E-state index in [4.69, 9.17) is 11.5 Å². The van der Waals surface area contributed by atoms with E-state index < -0.39 is 0 Å². The lowest BCUT2D eigenvalue weighted by Gasteiger charge is -2.38. The monoisotopic (exact) mass is 409 g/mol. The molecule has 1 aliphatic carbocycles. The number of aliphatic imine (C=N–C) groups is 1. The molecule has 1 fully saturated rings. The molecule has 0 spiro atoms. The highest BCUT2D eigenvalue weighted by Crippen LogP contribution is 2.35. The van der Waals surface area contributed by atoms with E-state index in [1.165, 1.54) is 17.5 Å². The van der Waals surface area contributed by atoms with Crippen LogP contribution in [-0.2, 0) is 6.42 Å². The maximum absolute atomic E-state index is 12.1. The Balaban J connectivity index is 0.00000192. The molecule has 1 aliphatic heterocycles. The summed E-state index contributed by atoms with van der Waals surface area (Å²) in [6.45, 7) is 4.16. The Kier molecular flexibility index (Phi) is 10.4. The van der Waals surface area contributed by atoms with Gasteiger partial charge in [0.25, 0.3) is 5.91 Å². The Morgan fingerprint density at radius 2 is 1.84 bits per heavy atom. The fraction of sp³-hybridized carbons (Fsp3) is 0.500. The third-order valence-corrected chi connectivity index (χ3v) is 4.50. The SMILES string of the molecule is Cl.Cl.Cl.NC(N)=NC(=O)c1ccc2c(c1)C(N1CCNCC1)CCC2. The fourth-order valence-electron chi connectivity index (χ4n) is 3.46. The number of rotatable bonds is 2. The Morgan fingerprint density at radius 1 is 1.16 bits per heavy atom. The Morgan fingerprint density at radius 3 is 2.48 bits per heavy atom. The van der Waals surface area contributed by atoms with Crippen molar-refractivity contribution < 1.29 is 4.79 Å². The van der Waals surface area contributed by atoms with Gasteiger partial charge in [-0.25, -0.2) is 0 Å². The molecule has 1 aromatic carbocycles. The van der Waals surface area contributed by atoms with Crippen LogP contribution in [0.4, 0.5) is 0 Å². The molecule has 0 saturated carbocycles. The van der Waals surface area contributed by atoms with Crippen LogP contribution in [0.15, 0.2) is 23.2 Å². The highest BCUT2D eigenvalue weighted by Gasteiger charge is 2.27. The standard InChI is InChI=1S/C16H23N5O.3ClH/c17-16(18)20-15(22)12-5-4-11-2-1-3-14(13(11)10-12)21-8-6-19-7-9-21;;;/h4-5,10,14,19H,1-3,6-9H2,(H4,17,18,20,22);3*1H. The molecule has 0 aromatic heterocycles. The van der Waals surface area contributed by atoms with E-state index in [0.29, 0.717) is 11.6 Å². The van der Waals surface area contributed by atoms with E-state index in [2.05, 4.69) is 21.3 Å². The molecule has 0 radical (unpaired) electrons. The lowest BCUT2D eigenvalue weighted by molar-refractivity contribution is 0.100. The number of amides is 1. The minimum absolute atomic E-state index is 0. The van der Waals surface area contributed by atoms with Crippen molar-refractivity contribution in [3.63, 3.8) is 0 Å². The largest absolute Gasteiger partial charge is 0.370 e. The summed E-state index contributed by atoms with van der Waals surface area (Å²) in [5.74, 6) is -0.561. The van der Waals surface area contributed by atoms with Gasteiger partial charge < -0.3 is 16.8 Å². The molecule has 9 heteroatoms. The van der Waals surface area contributed by atoms with Gasteiger partial charge in [0.05, 0.1) is 0 Å². The summed E-state index contributed by atoms with van der Waals surface area (Å²) >= 11 is 0. The molecule has 0 bridgehead atoms. The van der Waals surface area contributed by atoms with Gasteiger partial charge in [0, 0.05) is 37.8 Å². The number of nitrogens with zero attached hydrogens (tertiary/aromatic N) is 2. The lowest BCUT2D eigenvalue weighted by Crippen LogP contribution is -2.45. The Bertz CT molecular complexity index is 601. The van der Waals surface area contributed by atoms with E-state index in [1.807, 2.05) is 12.1 Å². The fourth-order valence-corrected chi connectivity index (χ4v) is 3.46. The summed E-state index contributed by atoms with van der Waals surface area (Å²) in [5.41, 5.74) is 13.8. The first-order chi connectivity index (χ1) is 10.6. The van der Waals surface area contributed by atoms with Crippen molar-refractivity contribution in [1.82, 2.24) is 10.2 Å². The van der Waals surface area contributed by atoms with Gasteiger partial charge in [-0.2, -0.15) is 4.99 Å². The number of piperazine rings is 1. The smallest absolute Gasteiger partial charge is 0.280 e. The summed E-state index contributed by atoms with van der Waals surface area (Å²) in [7, 11) is 0. The molecular formula is C16H26Cl3N5O. The van der Waals surface area contributed by atoms with Crippen molar-refractivity contribution in [2.75, 3.05) is 26.2 Å². The second kappa shape index (κ2) is 10.8. The van der Waals surface area contributed by atoms with Crippen LogP contribution >= 0.6 is 37.2 Å². The molecule has 142 valence electrons. The molecule has 1 aromatic rings. The van der Waals surface area contributed by atoms with E-state index in [-0.39, 0.29) is 49.1 Å². The zero-order chi connectivity index (χ0) is 15.5. The number of carbonyl (C=O) groups excluding carboxylic acids is 1. The average Bonchev–Trinajstić information content (AvgIpc) is 2.54. The zero-order valence-corrected chi connectivity index (χ0v) is 16.4. The van der Waals surface area contributed by atoms with Crippen LogP contribution in [0, 0.1) is 0 Å². The molecule has 3 rings (SSSR count). The van der Waals surface area contributed by atoms with E-state index in [9.17, 15) is 4.79 Å². The van der Waals surface area contributed by atoms with Crippen molar-refractivity contribution in [1.29, 1.82) is 0 Å². The predicted molar refractivity (Wildman–Crippen MR) is 108 cm³/mol. The number of carbonyl (C=O) groups is 1. The summed E-state index contributed by atoms with van der Waals surface area (Å²) < 4.78 is 0. The topological polar surface area (TPSA) is 96.7 Å². The normalized spacial score (nSPS) is 19.3. The number of guanidine groups is 1. The van der Waals surface area contributed by atoms with Gasteiger partial charge in [0.15, 0.2) is 5.96 Å². The first kappa shape index (κ1) is 23.9. The van der Waals surface area contributed by atoms with E-state index in [0.717, 1.165) is 39.0 Å². The number of halogens is 3. The third-order valence-electron chi connectivity index (χ3n) is 4.50. The van der Waals surface area contributed by atoms with Crippen LogP contribution < -0.4 is 16.8 Å². The van der Waals surface area contributed by atoms with Crippen molar-refractivity contribution in [2.45, 2.75) is 25.3 Å². The maximum Gasteiger partial charge on any atom is 0.280 e. The first-order valence-corrected chi connectivity index (χ1v) is 7.86. The second-order valence-electron chi connectivity index (χ2n) is 5.95. The molecule has 1 saturated heterocycles. The van der Waals surface area contributed by atoms with Crippen LogP contribution in [-0.4, -0.2) is 42.9 Å². The van der Waals surface area contributed by atoms with Crippen LogP contribution in [0.2, 0.25) is 0 Å². The summed E-state index contributed by atoms with van der Waals surface area (Å²) in [4.78, 5) is 18.2. The molecule has 1 heterocycles. The Hall–Kier alpha value is -1.05. The Labute approximate surface area is 167 Å². The third kappa shape index (κ3) is 5.72. The molecule has 2 aliphatic rings. The van der Waals surface area contributed by atoms with Gasteiger partial charge in [-0.3, -0.25) is 9.69 Å². The number of nitrogens with one attached hydrogen (secondary N) is 1. The number of hydrogen-bond donors (Lipinski definition) is 3. The van der Waals surface area contributed by atoms with Crippen LogP contribution in [0.5, 0.6) is 0 Å². The predicted octanol–water partition coefficient (Wildman–Crippen LogP) is 1.65. The van der Waals surface area contributed by atoms with E-state index >= 15 is 0 Å². The number of nitrogens with two attached hydrogens (primary N) is 2. The van der Waals surface area contributed by atoms with Crippen molar-refractivity contribution >= 4 is 49.1 Å². The van der Waals surface area contributed by atoms with Gasteiger partial charge >= 0.3 is 0 Å². The van der Waals surface area contributed by atoms with Crippen molar-refractivity contribution in [3.05, 3.63) is 34.9 Å². The average molecular weight is 411 g/mol. The summed E-state index contributed by atoms with van der Waals surface area (Å²) in [6.07, 6.45) is 3.42. The molecular weight excluding hydrogens is 385 g/mol. The van der Waals surface area contributed by atoms with Crippen molar-refractivity contribution in [3.8, 4) is 0 Å². The minimum Gasteiger partial charge on any atom is -0.370 e. The zero-order valence-electron chi connectivity index (χ0n) is 13.9. The number of benzene rings is 1. The van der Waals surface area contributed by atoms with Gasteiger partial charge in [-0.1, -0.05) is 6.07 Å². The number of aryl methyl sites for hydroxylation is 1. The molecule has 5 N–H and O–H groups in total. The summed E-state index contributed by atoms with van der Waals surface area (Å²) in [5, 5.41) is 3.39. The summed E-state index contributed by atoms with van der Waals surface area (Å²) in [6, 6.07) is 6.26. The van der Waals surface area contributed by atoms with Crippen molar-refractivity contribution in [2.24, 2.45) is 16.5 Å². The number of hydrogen-bond acceptors (Lipinski definition) is 3. The number of fused-ring (bicyclic) bond motifs is 1. The van der Waals surface area contributed by atoms with Gasteiger partial charge in [-0.15, -0.1) is 37.2 Å². The van der Waals surface area contributed by atoms with Crippen LogP contribution in [0.3, 0.4) is 0 Å². The maximum atomic E-state index is 12.1. The second-order valence-corrected chi connectivity index (χ2v) is 5.95. The van der Waals surface area contributed by atoms with Gasteiger partial charge in [0.1, 0.15) is 0 Å². The highest BCUT2D eigenvalue weighted by atomic mass is 35.5. The molecule has 1 unspecified atom stereocenters. The molecule has 1 atom stereocenters. The molecule has 6 nitrogen and oxygen atoms in total. The van der Waals surface area contributed by atoms with E-state index in [1.54, 1.807) is 0 Å². The minimum atomic E-state index is -0.368. The highest BCUT2D eigenvalue weighted by molar-refractivity contribution is 6.02.